The number of hydrogen-bond acceptors (Lipinski definition) is 3. The van der Waals surface area contributed by atoms with Crippen molar-refractivity contribution in [3.8, 4) is 11.1 Å². The zero-order valence-corrected chi connectivity index (χ0v) is 19.3. The van der Waals surface area contributed by atoms with Crippen molar-refractivity contribution in [2.75, 3.05) is 0 Å². The Balaban J connectivity index is 1.55. The van der Waals surface area contributed by atoms with Crippen LogP contribution in [0.4, 0.5) is 0 Å². The van der Waals surface area contributed by atoms with Crippen LogP contribution in [0.1, 0.15) is 0 Å². The standard InChI is InChI=1S/C30H21N2OP/c33-34(24-10-2-1-3-11-24,29-15-6-9-22-8-4-5-12-26(22)29)25-18-16-23(17-19-25)27-13-7-14-28-30(27)32-21-20-31-28/h1-21H. The molecule has 162 valence electrons. The Hall–Kier alpha value is -4.07. The van der Waals surface area contributed by atoms with Crippen LogP contribution >= 0.6 is 7.14 Å². The summed E-state index contributed by atoms with van der Waals surface area (Å²) in [5, 5.41) is 4.61. The molecule has 5 aromatic carbocycles. The lowest BCUT2D eigenvalue weighted by Crippen LogP contribution is -2.25. The fourth-order valence-electron chi connectivity index (χ4n) is 4.62. The van der Waals surface area contributed by atoms with E-state index in [9.17, 15) is 0 Å². The van der Waals surface area contributed by atoms with Gasteiger partial charge in [-0.1, -0.05) is 109 Å². The average Bonchev–Trinajstić information content (AvgIpc) is 2.92. The van der Waals surface area contributed by atoms with E-state index in [1.54, 1.807) is 12.4 Å². The van der Waals surface area contributed by atoms with E-state index in [-0.39, 0.29) is 0 Å². The summed E-state index contributed by atoms with van der Waals surface area (Å²) in [7, 11) is -3.11. The normalized spacial score (nSPS) is 13.1. The highest BCUT2D eigenvalue weighted by atomic mass is 31.2. The Kier molecular flexibility index (Phi) is 5.05. The van der Waals surface area contributed by atoms with Gasteiger partial charge in [0.05, 0.1) is 11.0 Å². The summed E-state index contributed by atoms with van der Waals surface area (Å²) < 4.78 is 15.1. The van der Waals surface area contributed by atoms with Crippen molar-refractivity contribution < 1.29 is 4.57 Å². The fraction of sp³-hybridized carbons (Fsp3) is 0. The van der Waals surface area contributed by atoms with Gasteiger partial charge >= 0.3 is 0 Å². The second-order valence-corrected chi connectivity index (χ2v) is 11.0. The lowest BCUT2D eigenvalue weighted by molar-refractivity contribution is 0.592. The number of para-hydroxylation sites is 1. The molecule has 0 saturated heterocycles. The number of benzene rings is 5. The highest BCUT2D eigenvalue weighted by Gasteiger charge is 2.31. The van der Waals surface area contributed by atoms with Gasteiger partial charge in [-0.2, -0.15) is 0 Å². The molecule has 6 rings (SSSR count). The highest BCUT2D eigenvalue weighted by Crippen LogP contribution is 2.44. The molecule has 34 heavy (non-hydrogen) atoms. The van der Waals surface area contributed by atoms with Crippen LogP contribution in [-0.4, -0.2) is 9.97 Å². The Morgan fingerprint density at radius 1 is 0.559 bits per heavy atom. The van der Waals surface area contributed by atoms with Crippen molar-refractivity contribution in [2.45, 2.75) is 0 Å². The molecule has 1 atom stereocenters. The molecule has 6 aromatic rings. The molecule has 0 fully saturated rings. The van der Waals surface area contributed by atoms with E-state index in [1.165, 1.54) is 0 Å². The third kappa shape index (κ3) is 3.34. The number of rotatable bonds is 4. The van der Waals surface area contributed by atoms with Gasteiger partial charge in [-0.05, 0) is 22.4 Å². The van der Waals surface area contributed by atoms with Crippen LogP contribution < -0.4 is 15.9 Å². The van der Waals surface area contributed by atoms with E-state index in [0.29, 0.717) is 0 Å². The van der Waals surface area contributed by atoms with Crippen LogP contribution in [0.25, 0.3) is 32.9 Å². The summed E-state index contributed by atoms with van der Waals surface area (Å²) in [5.41, 5.74) is 3.75. The van der Waals surface area contributed by atoms with E-state index < -0.39 is 7.14 Å². The molecule has 0 spiro atoms. The molecule has 0 aliphatic rings. The first-order valence-electron chi connectivity index (χ1n) is 11.2. The fourth-order valence-corrected chi connectivity index (χ4v) is 7.48. The lowest BCUT2D eigenvalue weighted by Gasteiger charge is -2.22. The van der Waals surface area contributed by atoms with E-state index >= 15 is 4.57 Å². The number of fused-ring (bicyclic) bond motifs is 2. The minimum absolute atomic E-state index is 0.810. The van der Waals surface area contributed by atoms with Crippen molar-refractivity contribution in [2.24, 2.45) is 0 Å². The third-order valence-electron chi connectivity index (χ3n) is 6.27. The Morgan fingerprint density at radius 3 is 2.09 bits per heavy atom. The van der Waals surface area contributed by atoms with Gasteiger partial charge in [0.2, 0.25) is 0 Å². The monoisotopic (exact) mass is 456 g/mol. The predicted octanol–water partition coefficient (Wildman–Crippen LogP) is 6.09. The summed E-state index contributed by atoms with van der Waals surface area (Å²) in [4.78, 5) is 8.97. The maximum absolute atomic E-state index is 15.1. The molecular formula is C30H21N2OP. The minimum atomic E-state index is -3.11. The SMILES string of the molecule is O=P(c1ccccc1)(c1ccc(-c2cccc3nccnc23)cc1)c1cccc2ccccc12. The van der Waals surface area contributed by atoms with Crippen LogP contribution in [0.3, 0.4) is 0 Å². The molecule has 0 aliphatic carbocycles. The Labute approximate surface area is 198 Å². The molecule has 0 aliphatic heterocycles. The Morgan fingerprint density at radius 2 is 1.24 bits per heavy atom. The summed E-state index contributed by atoms with van der Waals surface area (Å²) in [6.07, 6.45) is 3.42. The van der Waals surface area contributed by atoms with Gasteiger partial charge in [-0.15, -0.1) is 0 Å². The molecule has 0 amide bonds. The van der Waals surface area contributed by atoms with Gasteiger partial charge in [0.15, 0.2) is 7.14 Å². The lowest BCUT2D eigenvalue weighted by atomic mass is 10.0. The number of nitrogens with zero attached hydrogens (tertiary/aromatic N) is 2. The molecule has 1 aromatic heterocycles. The first kappa shape index (κ1) is 20.5. The van der Waals surface area contributed by atoms with Gasteiger partial charge in [0, 0.05) is 33.9 Å². The first-order valence-corrected chi connectivity index (χ1v) is 12.9. The van der Waals surface area contributed by atoms with E-state index in [1.807, 2.05) is 97.1 Å². The molecule has 0 saturated carbocycles. The Bertz CT molecular complexity index is 1670. The summed E-state index contributed by atoms with van der Waals surface area (Å²) >= 11 is 0. The van der Waals surface area contributed by atoms with Gasteiger partial charge in [0.25, 0.3) is 0 Å². The molecule has 4 heteroatoms. The first-order chi connectivity index (χ1) is 16.7. The quantitative estimate of drug-likeness (QED) is 0.302. The summed E-state index contributed by atoms with van der Waals surface area (Å²) in [5.74, 6) is 0. The maximum atomic E-state index is 15.1. The maximum Gasteiger partial charge on any atom is 0.171 e. The second-order valence-electron chi connectivity index (χ2n) is 8.22. The predicted molar refractivity (Wildman–Crippen MR) is 142 cm³/mol. The van der Waals surface area contributed by atoms with Gasteiger partial charge in [-0.25, -0.2) is 0 Å². The number of aromatic nitrogens is 2. The largest absolute Gasteiger partial charge is 0.309 e. The van der Waals surface area contributed by atoms with E-state index in [2.05, 4.69) is 28.2 Å². The second kappa shape index (κ2) is 8.37. The third-order valence-corrected chi connectivity index (χ3v) is 9.39. The van der Waals surface area contributed by atoms with Crippen LogP contribution in [0.5, 0.6) is 0 Å². The molecule has 0 bridgehead atoms. The van der Waals surface area contributed by atoms with Gasteiger partial charge in [0.1, 0.15) is 0 Å². The highest BCUT2D eigenvalue weighted by molar-refractivity contribution is 7.85. The zero-order valence-electron chi connectivity index (χ0n) is 18.4. The molecule has 1 unspecified atom stereocenters. The average molecular weight is 456 g/mol. The molecule has 1 heterocycles. The van der Waals surface area contributed by atoms with Crippen LogP contribution in [0, 0.1) is 0 Å². The summed E-state index contributed by atoms with van der Waals surface area (Å²) in [6, 6.07) is 38.1. The van der Waals surface area contributed by atoms with Crippen molar-refractivity contribution >= 4 is 44.9 Å². The smallest absolute Gasteiger partial charge is 0.171 e. The summed E-state index contributed by atoms with van der Waals surface area (Å²) in [6.45, 7) is 0. The zero-order chi connectivity index (χ0) is 23.0. The van der Waals surface area contributed by atoms with Crippen molar-refractivity contribution in [3.63, 3.8) is 0 Å². The van der Waals surface area contributed by atoms with E-state index in [0.717, 1.165) is 48.8 Å². The topological polar surface area (TPSA) is 42.9 Å². The van der Waals surface area contributed by atoms with Crippen LogP contribution in [-0.2, 0) is 4.57 Å². The van der Waals surface area contributed by atoms with E-state index in [4.69, 9.17) is 0 Å². The molecular weight excluding hydrogens is 435 g/mol. The minimum Gasteiger partial charge on any atom is -0.309 e. The van der Waals surface area contributed by atoms with Gasteiger partial charge in [-0.3, -0.25) is 9.97 Å². The van der Waals surface area contributed by atoms with Crippen molar-refractivity contribution in [3.05, 3.63) is 128 Å². The van der Waals surface area contributed by atoms with Gasteiger partial charge < -0.3 is 4.57 Å². The van der Waals surface area contributed by atoms with Crippen LogP contribution in [0.15, 0.2) is 128 Å². The molecule has 0 N–H and O–H groups in total. The van der Waals surface area contributed by atoms with Crippen molar-refractivity contribution in [1.29, 1.82) is 0 Å². The molecule has 0 radical (unpaired) electrons. The van der Waals surface area contributed by atoms with Crippen molar-refractivity contribution in [1.82, 2.24) is 9.97 Å². The number of hydrogen-bond donors (Lipinski definition) is 0. The molecule has 3 nitrogen and oxygen atoms in total. The van der Waals surface area contributed by atoms with Crippen LogP contribution in [0.2, 0.25) is 0 Å².